The number of amides is 1. The van der Waals surface area contributed by atoms with E-state index in [4.69, 9.17) is 4.74 Å². The fourth-order valence-electron chi connectivity index (χ4n) is 4.73. The average Bonchev–Trinajstić information content (AvgIpc) is 3.27. The zero-order valence-electron chi connectivity index (χ0n) is 15.4. The molecule has 0 radical (unpaired) electrons. The number of carbonyl (C=O) groups is 1. The Morgan fingerprint density at radius 3 is 2.96 bits per heavy atom. The first kappa shape index (κ1) is 17.3. The highest BCUT2D eigenvalue weighted by molar-refractivity contribution is 7.07. The summed E-state index contributed by atoms with van der Waals surface area (Å²) in [7, 11) is 0. The molecule has 2 aromatic heterocycles. The summed E-state index contributed by atoms with van der Waals surface area (Å²) in [6.07, 6.45) is 7.47. The molecule has 0 aromatic carbocycles. The van der Waals surface area contributed by atoms with E-state index < -0.39 is 5.60 Å². The summed E-state index contributed by atoms with van der Waals surface area (Å²) in [5.41, 5.74) is 1.55. The smallest absolute Gasteiger partial charge is 0.257 e. The second kappa shape index (κ2) is 7.00. The molecule has 2 aromatic rings. The molecule has 4 heterocycles. The monoisotopic (exact) mass is 383 g/mol. The molecule has 0 bridgehead atoms. The molecule has 0 unspecified atom stereocenters. The van der Waals surface area contributed by atoms with Crippen LogP contribution in [-0.4, -0.2) is 58.6 Å². The molecule has 6 heteroatoms. The molecule has 5 rings (SSSR count). The fourth-order valence-corrected chi connectivity index (χ4v) is 5.39. The minimum atomic E-state index is -0.771. The van der Waals surface area contributed by atoms with Crippen LogP contribution >= 0.6 is 11.3 Å². The van der Waals surface area contributed by atoms with E-state index in [1.165, 1.54) is 24.8 Å². The van der Waals surface area contributed by atoms with Crippen molar-refractivity contribution in [2.45, 2.75) is 43.4 Å². The van der Waals surface area contributed by atoms with Crippen LogP contribution in [0.4, 0.5) is 0 Å². The van der Waals surface area contributed by atoms with Crippen molar-refractivity contribution in [3.05, 3.63) is 52.5 Å². The fraction of sp³-hybridized carbons (Fsp3) is 0.524. The molecule has 2 saturated heterocycles. The highest BCUT2D eigenvalue weighted by Crippen LogP contribution is 2.44. The quantitative estimate of drug-likeness (QED) is 0.814. The molecule has 0 N–H and O–H groups in total. The molecule has 1 saturated carbocycles. The summed E-state index contributed by atoms with van der Waals surface area (Å²) in [5, 5.41) is 4.20. The number of nitrogens with zero attached hydrogens (tertiary/aromatic N) is 3. The Balaban J connectivity index is 1.47. The van der Waals surface area contributed by atoms with Crippen LogP contribution in [0.25, 0.3) is 0 Å². The molecular weight excluding hydrogens is 358 g/mol. The highest BCUT2D eigenvalue weighted by atomic mass is 32.1. The Hall–Kier alpha value is -1.76. The topological polar surface area (TPSA) is 45.7 Å². The van der Waals surface area contributed by atoms with Gasteiger partial charge >= 0.3 is 0 Å². The van der Waals surface area contributed by atoms with Crippen molar-refractivity contribution in [2.24, 2.45) is 0 Å². The molecule has 2 aliphatic heterocycles. The first-order valence-corrected chi connectivity index (χ1v) is 10.8. The first-order valence-electron chi connectivity index (χ1n) is 9.85. The number of pyridine rings is 1. The minimum Gasteiger partial charge on any atom is -0.361 e. The molecule has 3 aliphatic rings. The number of likely N-dealkylation sites (tertiary alicyclic amines) is 1. The third kappa shape index (κ3) is 3.00. The number of aromatic nitrogens is 1. The highest BCUT2D eigenvalue weighted by Gasteiger charge is 2.58. The summed E-state index contributed by atoms with van der Waals surface area (Å²) in [4.78, 5) is 22.5. The van der Waals surface area contributed by atoms with Crippen LogP contribution in [0.5, 0.6) is 0 Å². The van der Waals surface area contributed by atoms with E-state index >= 15 is 0 Å². The van der Waals surface area contributed by atoms with Crippen molar-refractivity contribution in [2.75, 3.05) is 26.2 Å². The van der Waals surface area contributed by atoms with Crippen molar-refractivity contribution in [1.82, 2.24) is 14.8 Å². The van der Waals surface area contributed by atoms with Crippen molar-refractivity contribution in [3.63, 3.8) is 0 Å². The third-order valence-corrected chi connectivity index (χ3v) is 7.15. The predicted molar refractivity (Wildman–Crippen MR) is 105 cm³/mol. The van der Waals surface area contributed by atoms with Crippen molar-refractivity contribution in [3.8, 4) is 0 Å². The lowest BCUT2D eigenvalue weighted by molar-refractivity contribution is -0.173. The zero-order valence-corrected chi connectivity index (χ0v) is 16.2. The van der Waals surface area contributed by atoms with Gasteiger partial charge in [-0.2, -0.15) is 11.3 Å². The van der Waals surface area contributed by atoms with E-state index in [0.29, 0.717) is 32.3 Å². The number of hydrogen-bond donors (Lipinski definition) is 0. The maximum atomic E-state index is 13.7. The number of rotatable bonds is 4. The first-order chi connectivity index (χ1) is 13.3. The van der Waals surface area contributed by atoms with Crippen LogP contribution < -0.4 is 0 Å². The lowest BCUT2D eigenvalue weighted by atomic mass is 9.83. The number of hydrogen-bond acceptors (Lipinski definition) is 5. The van der Waals surface area contributed by atoms with Crippen molar-refractivity contribution >= 4 is 17.2 Å². The van der Waals surface area contributed by atoms with Gasteiger partial charge in [0, 0.05) is 50.5 Å². The van der Waals surface area contributed by atoms with Gasteiger partial charge in [-0.3, -0.25) is 14.7 Å². The number of carbonyl (C=O) groups excluding carboxylic acids is 1. The number of morpholine rings is 1. The lowest BCUT2D eigenvalue weighted by Crippen LogP contribution is -2.60. The van der Waals surface area contributed by atoms with E-state index in [-0.39, 0.29) is 11.8 Å². The van der Waals surface area contributed by atoms with E-state index in [1.807, 2.05) is 17.2 Å². The number of ether oxygens (including phenoxy) is 1. The van der Waals surface area contributed by atoms with Gasteiger partial charge in [0.15, 0.2) is 5.60 Å². The second-order valence-electron chi connectivity index (χ2n) is 7.95. The summed E-state index contributed by atoms with van der Waals surface area (Å²) < 4.78 is 6.35. The minimum absolute atomic E-state index is 0.0459. The molecule has 5 nitrogen and oxygen atoms in total. The van der Waals surface area contributed by atoms with Gasteiger partial charge in [0.25, 0.3) is 5.91 Å². The van der Waals surface area contributed by atoms with Crippen molar-refractivity contribution < 1.29 is 9.53 Å². The Labute approximate surface area is 164 Å². The summed E-state index contributed by atoms with van der Waals surface area (Å²) >= 11 is 1.68. The van der Waals surface area contributed by atoms with Gasteiger partial charge in [0.05, 0.1) is 6.61 Å². The van der Waals surface area contributed by atoms with Crippen LogP contribution in [0.15, 0.2) is 41.4 Å². The van der Waals surface area contributed by atoms with Crippen molar-refractivity contribution in [1.29, 1.82) is 0 Å². The molecule has 1 amide bonds. The molecule has 3 fully saturated rings. The van der Waals surface area contributed by atoms with E-state index in [0.717, 1.165) is 12.1 Å². The Kier molecular flexibility index (Phi) is 4.50. The molecular formula is C21H25N3O2S. The summed E-state index contributed by atoms with van der Waals surface area (Å²) in [6, 6.07) is 6.77. The van der Waals surface area contributed by atoms with Gasteiger partial charge in [-0.05, 0) is 46.9 Å². The largest absolute Gasteiger partial charge is 0.361 e. The maximum Gasteiger partial charge on any atom is 0.257 e. The molecule has 27 heavy (non-hydrogen) atoms. The normalized spacial score (nSPS) is 29.4. The summed E-state index contributed by atoms with van der Waals surface area (Å²) in [5.74, 6) is 0.195. The third-order valence-electron chi connectivity index (χ3n) is 6.42. The summed E-state index contributed by atoms with van der Waals surface area (Å²) in [6.45, 7) is 3.53. The van der Waals surface area contributed by atoms with Crippen LogP contribution in [0.2, 0.25) is 0 Å². The van der Waals surface area contributed by atoms with Crippen LogP contribution in [0.1, 0.15) is 36.3 Å². The molecule has 1 spiro atoms. The Bertz CT molecular complexity index is 793. The second-order valence-corrected chi connectivity index (χ2v) is 8.73. The zero-order chi connectivity index (χ0) is 18.3. The van der Waals surface area contributed by atoms with Gasteiger partial charge in [-0.1, -0.05) is 12.5 Å². The van der Waals surface area contributed by atoms with Crippen LogP contribution in [0, 0.1) is 0 Å². The van der Waals surface area contributed by atoms with Gasteiger partial charge in [-0.25, -0.2) is 0 Å². The van der Waals surface area contributed by atoms with Gasteiger partial charge in [0.2, 0.25) is 0 Å². The van der Waals surface area contributed by atoms with E-state index in [1.54, 1.807) is 17.5 Å². The van der Waals surface area contributed by atoms with Crippen LogP contribution in [0.3, 0.4) is 0 Å². The SMILES string of the molecule is O=C1N(Cc2ccsc2)CCO[C@]12CN(C1CCC1)C[C@H]2c1cccnc1. The lowest BCUT2D eigenvalue weighted by Gasteiger charge is -2.43. The van der Waals surface area contributed by atoms with E-state index in [2.05, 4.69) is 32.8 Å². The molecule has 1 aliphatic carbocycles. The van der Waals surface area contributed by atoms with Gasteiger partial charge < -0.3 is 9.64 Å². The van der Waals surface area contributed by atoms with E-state index in [9.17, 15) is 4.79 Å². The molecule has 2 atom stereocenters. The van der Waals surface area contributed by atoms with Gasteiger partial charge in [0.1, 0.15) is 0 Å². The number of thiophene rings is 1. The maximum absolute atomic E-state index is 13.7. The van der Waals surface area contributed by atoms with Gasteiger partial charge in [-0.15, -0.1) is 0 Å². The Morgan fingerprint density at radius 2 is 2.26 bits per heavy atom. The molecule has 142 valence electrons. The average molecular weight is 384 g/mol. The standard InChI is InChI=1S/C21H25N3O2S/c25-20-21(26-9-8-23(20)12-16-6-10-27-14-16)15-24(18-4-1-5-18)13-19(21)17-3-2-7-22-11-17/h2-3,6-7,10-11,14,18-19H,1,4-5,8-9,12-13,15H2/t19-,21-/m0/s1. The predicted octanol–water partition coefficient (Wildman–Crippen LogP) is 2.89. The Morgan fingerprint density at radius 1 is 1.33 bits per heavy atom. The van der Waals surface area contributed by atoms with Crippen LogP contribution in [-0.2, 0) is 16.1 Å².